The number of hydrogen-bond donors (Lipinski definition) is 2. The van der Waals surface area contributed by atoms with Gasteiger partial charge in [-0.2, -0.15) is 0 Å². The molecule has 2 N–H and O–H groups in total. The number of nitrogens with one attached hydrogen (secondary N) is 1. The van der Waals surface area contributed by atoms with Crippen molar-refractivity contribution in [2.45, 2.75) is 72.3 Å². The zero-order chi connectivity index (χ0) is 26.6. The van der Waals surface area contributed by atoms with Crippen molar-refractivity contribution in [1.29, 1.82) is 0 Å². The number of nitrogens with zero attached hydrogens (tertiary/aromatic N) is 2. The molecule has 0 bridgehead atoms. The molecular weight excluding hydrogens is 478 g/mol. The lowest BCUT2D eigenvalue weighted by Crippen LogP contribution is -2.55. The zero-order valence-electron chi connectivity index (χ0n) is 21.6. The molecule has 3 atom stereocenters. The minimum atomic E-state index is -0.795. The summed E-state index contributed by atoms with van der Waals surface area (Å²) in [6, 6.07) is 11.3. The third-order valence-electron chi connectivity index (χ3n) is 6.69. The first kappa shape index (κ1) is 27.7. The van der Waals surface area contributed by atoms with Gasteiger partial charge in [0.2, 0.25) is 11.8 Å². The molecule has 2 aromatic carbocycles. The van der Waals surface area contributed by atoms with Crippen LogP contribution < -0.4 is 5.32 Å². The van der Waals surface area contributed by atoms with Gasteiger partial charge < -0.3 is 20.2 Å². The van der Waals surface area contributed by atoms with E-state index in [1.54, 1.807) is 17.0 Å². The average molecular weight is 514 g/mol. The van der Waals surface area contributed by atoms with Crippen molar-refractivity contribution in [2.75, 3.05) is 6.54 Å². The molecule has 1 saturated heterocycles. The Hall–Kier alpha value is -2.90. The number of aliphatic hydroxyl groups excluding tert-OH is 1. The van der Waals surface area contributed by atoms with Crippen LogP contribution >= 0.6 is 11.6 Å². The van der Waals surface area contributed by atoms with Gasteiger partial charge in [-0.3, -0.25) is 14.4 Å². The number of carbonyl (C=O) groups is 3. The van der Waals surface area contributed by atoms with Crippen molar-refractivity contribution >= 4 is 29.3 Å². The summed E-state index contributed by atoms with van der Waals surface area (Å²) in [5.41, 5.74) is 3.38. The highest BCUT2D eigenvalue weighted by Crippen LogP contribution is 2.30. The summed E-state index contributed by atoms with van der Waals surface area (Å²) in [4.78, 5) is 42.9. The monoisotopic (exact) mass is 513 g/mol. The molecule has 8 heteroatoms. The van der Waals surface area contributed by atoms with Gasteiger partial charge in [0.25, 0.3) is 5.91 Å². The number of benzene rings is 2. The third-order valence-corrected chi connectivity index (χ3v) is 6.93. The Morgan fingerprint density at radius 2 is 1.86 bits per heavy atom. The van der Waals surface area contributed by atoms with Crippen molar-refractivity contribution < 1.29 is 19.5 Å². The second kappa shape index (κ2) is 11.9. The molecule has 4 rings (SSSR count). The zero-order valence-corrected chi connectivity index (χ0v) is 22.4. The number of hydrogen-bond acceptors (Lipinski definition) is 4. The summed E-state index contributed by atoms with van der Waals surface area (Å²) in [6.07, 6.45) is -0.632. The maximum atomic E-state index is 13.7. The molecular formula is C28H36ClN3O4. The highest BCUT2D eigenvalue weighted by molar-refractivity contribution is 6.30. The standard InChI is InChI=1S/C26H30ClN3O4.C2H6/c1-15(2)23(30-13-18-6-4-5-7-21(18)25(30)33)26(34)29-14-20(31)11-22(29)24(32)28-12-17-8-9-19(27)10-16(17)3;1-2/h4-10,15,20,22-23,31H,11-14H2,1-3H3,(H,28,32);1-2H3. The van der Waals surface area contributed by atoms with E-state index in [2.05, 4.69) is 5.32 Å². The second-order valence-corrected chi connectivity index (χ2v) is 9.90. The maximum Gasteiger partial charge on any atom is 0.255 e. The summed E-state index contributed by atoms with van der Waals surface area (Å²) in [6.45, 7) is 10.4. The third kappa shape index (κ3) is 5.73. The van der Waals surface area contributed by atoms with E-state index in [0.717, 1.165) is 16.7 Å². The van der Waals surface area contributed by atoms with E-state index in [-0.39, 0.29) is 36.6 Å². The Bertz CT molecular complexity index is 1120. The molecule has 194 valence electrons. The van der Waals surface area contributed by atoms with Crippen LogP contribution in [0.5, 0.6) is 0 Å². The molecule has 2 aliphatic rings. The predicted molar refractivity (Wildman–Crippen MR) is 140 cm³/mol. The van der Waals surface area contributed by atoms with Gasteiger partial charge in [0.05, 0.1) is 6.10 Å². The van der Waals surface area contributed by atoms with Gasteiger partial charge >= 0.3 is 0 Å². The van der Waals surface area contributed by atoms with Gasteiger partial charge in [-0.25, -0.2) is 0 Å². The van der Waals surface area contributed by atoms with Crippen molar-refractivity contribution in [2.24, 2.45) is 5.92 Å². The highest BCUT2D eigenvalue weighted by Gasteiger charge is 2.45. The molecule has 2 heterocycles. The molecule has 0 radical (unpaired) electrons. The molecule has 7 nitrogen and oxygen atoms in total. The smallest absolute Gasteiger partial charge is 0.255 e. The number of aliphatic hydroxyl groups is 1. The van der Waals surface area contributed by atoms with E-state index in [4.69, 9.17) is 11.6 Å². The fraction of sp³-hybridized carbons (Fsp3) is 0.464. The van der Waals surface area contributed by atoms with Crippen LogP contribution in [-0.2, 0) is 22.7 Å². The van der Waals surface area contributed by atoms with Gasteiger partial charge in [-0.15, -0.1) is 0 Å². The fourth-order valence-electron chi connectivity index (χ4n) is 4.91. The first-order chi connectivity index (χ1) is 17.2. The number of β-amino-alcohol motifs (C(OH)–C–C–N with tert-alkyl or cyclic N) is 1. The quantitative estimate of drug-likeness (QED) is 0.612. The minimum Gasteiger partial charge on any atom is -0.391 e. The lowest BCUT2D eigenvalue weighted by Gasteiger charge is -2.35. The molecule has 3 unspecified atom stereocenters. The van der Waals surface area contributed by atoms with Crippen LogP contribution in [0, 0.1) is 12.8 Å². The summed E-state index contributed by atoms with van der Waals surface area (Å²) in [5, 5.41) is 13.9. The summed E-state index contributed by atoms with van der Waals surface area (Å²) in [7, 11) is 0. The number of amides is 3. The Morgan fingerprint density at radius 3 is 2.50 bits per heavy atom. The van der Waals surface area contributed by atoms with Crippen LogP contribution in [0.1, 0.15) is 61.2 Å². The van der Waals surface area contributed by atoms with Crippen molar-refractivity contribution in [3.05, 3.63) is 69.7 Å². The molecule has 2 aliphatic heterocycles. The van der Waals surface area contributed by atoms with E-state index >= 15 is 0 Å². The lowest BCUT2D eigenvalue weighted by molar-refractivity contribution is -0.143. The number of aryl methyl sites for hydroxylation is 1. The van der Waals surface area contributed by atoms with E-state index in [0.29, 0.717) is 23.7 Å². The normalized spacial score (nSPS) is 19.6. The Labute approximate surface area is 218 Å². The van der Waals surface area contributed by atoms with Crippen LogP contribution in [0.2, 0.25) is 5.02 Å². The molecule has 0 spiro atoms. The highest BCUT2D eigenvalue weighted by atomic mass is 35.5. The second-order valence-electron chi connectivity index (χ2n) is 9.46. The fourth-order valence-corrected chi connectivity index (χ4v) is 5.14. The van der Waals surface area contributed by atoms with Crippen molar-refractivity contribution in [3.63, 3.8) is 0 Å². The number of rotatable bonds is 6. The van der Waals surface area contributed by atoms with Gasteiger partial charge in [-0.05, 0) is 47.7 Å². The first-order valence-electron chi connectivity index (χ1n) is 12.6. The molecule has 0 aliphatic carbocycles. The SMILES string of the molecule is CC.Cc1cc(Cl)ccc1CNC(=O)C1CC(O)CN1C(=O)C(C(C)C)N1Cc2ccccc2C1=O. The Morgan fingerprint density at radius 1 is 1.17 bits per heavy atom. The minimum absolute atomic E-state index is 0.0646. The first-order valence-corrected chi connectivity index (χ1v) is 12.9. The van der Waals surface area contributed by atoms with E-state index in [9.17, 15) is 19.5 Å². The topological polar surface area (TPSA) is 89.9 Å². The molecule has 1 fully saturated rings. The average Bonchev–Trinajstić information content (AvgIpc) is 3.40. The Kier molecular flexibility index (Phi) is 9.14. The Balaban J connectivity index is 0.00000176. The van der Waals surface area contributed by atoms with E-state index < -0.39 is 18.2 Å². The number of halogens is 1. The summed E-state index contributed by atoms with van der Waals surface area (Å²) >= 11 is 6.01. The van der Waals surface area contributed by atoms with Crippen LogP contribution in [0.15, 0.2) is 42.5 Å². The van der Waals surface area contributed by atoms with Crippen LogP contribution in [0.4, 0.5) is 0 Å². The van der Waals surface area contributed by atoms with Gasteiger partial charge in [-0.1, -0.05) is 63.6 Å². The van der Waals surface area contributed by atoms with E-state index in [1.807, 2.05) is 65.0 Å². The van der Waals surface area contributed by atoms with Crippen LogP contribution in [-0.4, -0.2) is 57.4 Å². The number of carbonyl (C=O) groups excluding carboxylic acids is 3. The molecule has 0 saturated carbocycles. The van der Waals surface area contributed by atoms with Gasteiger partial charge in [0.15, 0.2) is 0 Å². The lowest BCUT2D eigenvalue weighted by atomic mass is 10.0. The van der Waals surface area contributed by atoms with Gasteiger partial charge in [0, 0.05) is 36.6 Å². The van der Waals surface area contributed by atoms with Crippen molar-refractivity contribution in [3.8, 4) is 0 Å². The van der Waals surface area contributed by atoms with Crippen LogP contribution in [0.25, 0.3) is 0 Å². The molecule has 2 aromatic rings. The number of likely N-dealkylation sites (tertiary alicyclic amines) is 1. The molecule has 36 heavy (non-hydrogen) atoms. The largest absolute Gasteiger partial charge is 0.391 e. The maximum absolute atomic E-state index is 13.7. The van der Waals surface area contributed by atoms with Crippen LogP contribution in [0.3, 0.4) is 0 Å². The predicted octanol–water partition coefficient (Wildman–Crippen LogP) is 3.93. The van der Waals surface area contributed by atoms with Crippen molar-refractivity contribution in [1.82, 2.24) is 15.1 Å². The summed E-state index contributed by atoms with van der Waals surface area (Å²) in [5.74, 6) is -0.973. The number of fused-ring (bicyclic) bond motifs is 1. The summed E-state index contributed by atoms with van der Waals surface area (Å²) < 4.78 is 0. The molecule has 0 aromatic heterocycles. The van der Waals surface area contributed by atoms with Gasteiger partial charge in [0.1, 0.15) is 12.1 Å². The molecule has 3 amide bonds. The van der Waals surface area contributed by atoms with E-state index in [1.165, 1.54) is 4.90 Å².